The van der Waals surface area contributed by atoms with Gasteiger partial charge >= 0.3 is 0 Å². The molecule has 0 atom stereocenters. The summed E-state index contributed by atoms with van der Waals surface area (Å²) < 4.78 is 13.5. The average Bonchev–Trinajstić information content (AvgIpc) is 2.49. The molecule has 0 radical (unpaired) electrons. The predicted molar refractivity (Wildman–Crippen MR) is 90.1 cm³/mol. The van der Waals surface area contributed by atoms with E-state index in [2.05, 4.69) is 29.7 Å². The Hall–Kier alpha value is -1.94. The summed E-state index contributed by atoms with van der Waals surface area (Å²) in [6.45, 7) is 2.71. The molecule has 2 rings (SSSR count). The average molecular weight is 302 g/mol. The van der Waals surface area contributed by atoms with Crippen molar-refractivity contribution in [2.75, 3.05) is 11.9 Å². The third kappa shape index (κ3) is 4.83. The van der Waals surface area contributed by atoms with Gasteiger partial charge in [-0.3, -0.25) is 0 Å². The van der Waals surface area contributed by atoms with Crippen LogP contribution in [0.4, 0.5) is 10.1 Å². The molecule has 0 spiro atoms. The summed E-state index contributed by atoms with van der Waals surface area (Å²) in [6, 6.07) is 14.9. The zero-order valence-electron chi connectivity index (χ0n) is 12.0. The van der Waals surface area contributed by atoms with Crippen LogP contribution in [-0.2, 0) is 12.8 Å². The highest BCUT2D eigenvalue weighted by Gasteiger charge is 2.02. The lowest BCUT2D eigenvalue weighted by atomic mass is 10.1. The lowest BCUT2D eigenvalue weighted by molar-refractivity contribution is 0.607. The first kappa shape index (κ1) is 15.4. The van der Waals surface area contributed by atoms with E-state index in [-0.39, 0.29) is 5.82 Å². The molecule has 0 fully saturated rings. The van der Waals surface area contributed by atoms with E-state index in [0.717, 1.165) is 12.1 Å². The number of benzene rings is 2. The lowest BCUT2D eigenvalue weighted by Gasteiger charge is -2.11. The number of thiocarbonyl (C=S) groups is 1. The van der Waals surface area contributed by atoms with E-state index in [4.69, 9.17) is 12.2 Å². The molecule has 0 bridgehead atoms. The van der Waals surface area contributed by atoms with Gasteiger partial charge in [0.1, 0.15) is 5.82 Å². The van der Waals surface area contributed by atoms with Crippen molar-refractivity contribution in [1.29, 1.82) is 0 Å². The van der Waals surface area contributed by atoms with Gasteiger partial charge in [-0.1, -0.05) is 37.3 Å². The Kier molecular flexibility index (Phi) is 5.69. The van der Waals surface area contributed by atoms with Crippen LogP contribution in [0, 0.1) is 5.82 Å². The number of halogens is 1. The summed E-state index contributed by atoms with van der Waals surface area (Å²) in [7, 11) is 0. The van der Waals surface area contributed by atoms with Gasteiger partial charge in [-0.05, 0) is 54.4 Å². The fraction of sp³-hybridized carbons (Fsp3) is 0.235. The molecular formula is C17H19FN2S. The first-order valence-corrected chi connectivity index (χ1v) is 7.47. The highest BCUT2D eigenvalue weighted by Crippen LogP contribution is 2.11. The normalized spacial score (nSPS) is 10.2. The molecule has 0 aliphatic rings. The third-order valence-electron chi connectivity index (χ3n) is 3.23. The van der Waals surface area contributed by atoms with Gasteiger partial charge in [-0.2, -0.15) is 0 Å². The van der Waals surface area contributed by atoms with Gasteiger partial charge in [0.05, 0.1) is 0 Å². The van der Waals surface area contributed by atoms with E-state index in [1.54, 1.807) is 12.1 Å². The number of anilines is 1. The Bertz CT molecular complexity index is 613. The number of hydrogen-bond acceptors (Lipinski definition) is 1. The highest BCUT2D eigenvalue weighted by molar-refractivity contribution is 7.80. The molecule has 2 N–H and O–H groups in total. The van der Waals surface area contributed by atoms with Crippen LogP contribution in [0.5, 0.6) is 0 Å². The van der Waals surface area contributed by atoms with Crippen molar-refractivity contribution in [3.63, 3.8) is 0 Å². The molecule has 0 saturated carbocycles. The number of hydrogen-bond donors (Lipinski definition) is 2. The minimum atomic E-state index is -0.172. The van der Waals surface area contributed by atoms with Crippen LogP contribution in [-0.4, -0.2) is 11.7 Å². The fourth-order valence-corrected chi connectivity index (χ4v) is 2.28. The summed E-state index contributed by atoms with van der Waals surface area (Å²) in [4.78, 5) is 0. The van der Waals surface area contributed by atoms with Crippen LogP contribution in [0.2, 0.25) is 0 Å². The summed E-state index contributed by atoms with van der Waals surface area (Å²) >= 11 is 5.25. The van der Waals surface area contributed by atoms with Crippen LogP contribution in [0.25, 0.3) is 0 Å². The first-order chi connectivity index (χ1) is 10.2. The molecule has 0 aromatic heterocycles. The van der Waals surface area contributed by atoms with Crippen LogP contribution < -0.4 is 10.6 Å². The second-order valence-corrected chi connectivity index (χ2v) is 5.18. The van der Waals surface area contributed by atoms with Crippen molar-refractivity contribution >= 4 is 23.0 Å². The number of aryl methyl sites for hydroxylation is 1. The van der Waals surface area contributed by atoms with E-state index in [0.29, 0.717) is 23.6 Å². The van der Waals surface area contributed by atoms with Gasteiger partial charge in [0.2, 0.25) is 0 Å². The SMILES string of the molecule is CCc1cccc(NC(=S)NCCc2ccccc2F)c1. The molecule has 0 amide bonds. The minimum Gasteiger partial charge on any atom is -0.362 e. The second kappa shape index (κ2) is 7.74. The Morgan fingerprint density at radius 1 is 1.14 bits per heavy atom. The van der Waals surface area contributed by atoms with Crippen molar-refractivity contribution in [2.24, 2.45) is 0 Å². The molecule has 21 heavy (non-hydrogen) atoms. The molecule has 0 aliphatic carbocycles. The molecule has 0 unspecified atom stereocenters. The standard InChI is InChI=1S/C17H19FN2S/c1-2-13-6-5-8-15(12-13)20-17(21)19-11-10-14-7-3-4-9-16(14)18/h3-9,12H,2,10-11H2,1H3,(H2,19,20,21). The smallest absolute Gasteiger partial charge is 0.170 e. The molecule has 4 heteroatoms. The maximum Gasteiger partial charge on any atom is 0.170 e. The van der Waals surface area contributed by atoms with E-state index < -0.39 is 0 Å². The molecule has 2 aromatic carbocycles. The summed E-state index contributed by atoms with van der Waals surface area (Å²) in [5, 5.41) is 6.80. The molecule has 0 saturated heterocycles. The summed E-state index contributed by atoms with van der Waals surface area (Å²) in [5.41, 5.74) is 2.92. The van der Waals surface area contributed by atoms with Gasteiger partial charge in [-0.25, -0.2) is 4.39 Å². The zero-order valence-corrected chi connectivity index (χ0v) is 12.8. The zero-order chi connectivity index (χ0) is 15.1. The largest absolute Gasteiger partial charge is 0.362 e. The summed E-state index contributed by atoms with van der Waals surface area (Å²) in [6.07, 6.45) is 1.59. The van der Waals surface area contributed by atoms with E-state index >= 15 is 0 Å². The fourth-order valence-electron chi connectivity index (χ4n) is 2.06. The quantitative estimate of drug-likeness (QED) is 0.819. The Labute approximate surface area is 130 Å². The molecule has 2 nitrogen and oxygen atoms in total. The Balaban J connectivity index is 1.81. The van der Waals surface area contributed by atoms with Crippen LogP contribution >= 0.6 is 12.2 Å². The topological polar surface area (TPSA) is 24.1 Å². The van der Waals surface area contributed by atoms with Crippen molar-refractivity contribution in [1.82, 2.24) is 5.32 Å². The predicted octanol–water partition coefficient (Wildman–Crippen LogP) is 3.92. The second-order valence-electron chi connectivity index (χ2n) is 4.78. The van der Waals surface area contributed by atoms with E-state index in [1.807, 2.05) is 18.2 Å². The van der Waals surface area contributed by atoms with Crippen molar-refractivity contribution < 1.29 is 4.39 Å². The van der Waals surface area contributed by atoms with Crippen molar-refractivity contribution in [3.05, 3.63) is 65.5 Å². The van der Waals surface area contributed by atoms with Gasteiger partial charge in [0.25, 0.3) is 0 Å². The van der Waals surface area contributed by atoms with E-state index in [9.17, 15) is 4.39 Å². The van der Waals surface area contributed by atoms with Gasteiger partial charge in [0.15, 0.2) is 5.11 Å². The van der Waals surface area contributed by atoms with Crippen LogP contribution in [0.3, 0.4) is 0 Å². The molecule has 2 aromatic rings. The Morgan fingerprint density at radius 2 is 1.95 bits per heavy atom. The van der Waals surface area contributed by atoms with Crippen LogP contribution in [0.15, 0.2) is 48.5 Å². The highest BCUT2D eigenvalue weighted by atomic mass is 32.1. The van der Waals surface area contributed by atoms with Crippen molar-refractivity contribution in [2.45, 2.75) is 19.8 Å². The minimum absolute atomic E-state index is 0.172. The summed E-state index contributed by atoms with van der Waals surface area (Å²) in [5.74, 6) is -0.172. The number of rotatable bonds is 5. The van der Waals surface area contributed by atoms with Gasteiger partial charge in [-0.15, -0.1) is 0 Å². The van der Waals surface area contributed by atoms with Gasteiger partial charge in [0, 0.05) is 12.2 Å². The van der Waals surface area contributed by atoms with Crippen molar-refractivity contribution in [3.8, 4) is 0 Å². The third-order valence-corrected chi connectivity index (χ3v) is 3.48. The van der Waals surface area contributed by atoms with Crippen LogP contribution in [0.1, 0.15) is 18.1 Å². The molecule has 0 heterocycles. The lowest BCUT2D eigenvalue weighted by Crippen LogP contribution is -2.30. The Morgan fingerprint density at radius 3 is 2.71 bits per heavy atom. The monoisotopic (exact) mass is 302 g/mol. The maximum atomic E-state index is 13.5. The molecule has 0 aliphatic heterocycles. The van der Waals surface area contributed by atoms with E-state index in [1.165, 1.54) is 11.6 Å². The first-order valence-electron chi connectivity index (χ1n) is 7.06. The number of nitrogens with one attached hydrogen (secondary N) is 2. The van der Waals surface area contributed by atoms with Gasteiger partial charge < -0.3 is 10.6 Å². The molecule has 110 valence electrons. The molecular weight excluding hydrogens is 283 g/mol. The maximum absolute atomic E-state index is 13.5.